The van der Waals surface area contributed by atoms with Gasteiger partial charge in [-0.05, 0) is 53.5 Å². The molecule has 0 unspecified atom stereocenters. The fraction of sp³-hybridized carbons (Fsp3) is 0.294. The number of hydrogen-bond acceptors (Lipinski definition) is 6. The smallest absolute Gasteiger partial charge is 0.243 e. The Bertz CT molecular complexity index is 951. The van der Waals surface area contributed by atoms with E-state index in [4.69, 9.17) is 4.74 Å². The minimum Gasteiger partial charge on any atom is -0.494 e. The molecule has 3 rings (SSSR count). The van der Waals surface area contributed by atoms with Crippen LogP contribution in [0, 0.1) is 0 Å². The highest BCUT2D eigenvalue weighted by atomic mass is 32.2. The summed E-state index contributed by atoms with van der Waals surface area (Å²) < 4.78 is 38.4. The van der Waals surface area contributed by atoms with Crippen molar-refractivity contribution < 1.29 is 17.8 Å². The predicted molar refractivity (Wildman–Crippen MR) is 92.8 cm³/mol. The normalized spacial score (nSPS) is 13.0. The van der Waals surface area contributed by atoms with Gasteiger partial charge in [0.05, 0.1) is 6.61 Å². The van der Waals surface area contributed by atoms with E-state index in [1.165, 1.54) is 6.07 Å². The van der Waals surface area contributed by atoms with E-state index in [9.17, 15) is 8.42 Å². The van der Waals surface area contributed by atoms with E-state index >= 15 is 0 Å². The first-order valence-corrected chi connectivity index (χ1v) is 9.50. The standard InChI is InChI=1S/C17H19N3O4S/c1-3-14(12-8-10-13(11-9-12)23-4-2)20-25(21,22)16-7-5-6-15-17(16)19-24-18-15/h5-11,14,20H,3-4H2,1-2H3/t14-/m0/s1. The Morgan fingerprint density at radius 3 is 2.56 bits per heavy atom. The molecule has 1 atom stereocenters. The van der Waals surface area contributed by atoms with E-state index in [-0.39, 0.29) is 16.5 Å². The highest BCUT2D eigenvalue weighted by Crippen LogP contribution is 2.25. The molecule has 0 aliphatic carbocycles. The van der Waals surface area contributed by atoms with E-state index in [0.717, 1.165) is 11.3 Å². The molecule has 25 heavy (non-hydrogen) atoms. The molecule has 1 aromatic heterocycles. The number of benzene rings is 2. The van der Waals surface area contributed by atoms with Gasteiger partial charge in [0, 0.05) is 6.04 Å². The maximum Gasteiger partial charge on any atom is 0.243 e. The van der Waals surface area contributed by atoms with Crippen LogP contribution in [0.15, 0.2) is 52.0 Å². The molecule has 1 heterocycles. The van der Waals surface area contributed by atoms with Crippen LogP contribution in [0.2, 0.25) is 0 Å². The Labute approximate surface area is 146 Å². The van der Waals surface area contributed by atoms with Gasteiger partial charge < -0.3 is 4.74 Å². The summed E-state index contributed by atoms with van der Waals surface area (Å²) in [4.78, 5) is 0.0515. The van der Waals surface area contributed by atoms with Crippen LogP contribution < -0.4 is 9.46 Å². The molecule has 7 nitrogen and oxygen atoms in total. The highest BCUT2D eigenvalue weighted by molar-refractivity contribution is 7.89. The van der Waals surface area contributed by atoms with Crippen LogP contribution in [0.1, 0.15) is 31.9 Å². The SMILES string of the molecule is CCOc1ccc([C@H](CC)NS(=O)(=O)c2cccc3nonc23)cc1. The number of hydrogen-bond donors (Lipinski definition) is 1. The van der Waals surface area contributed by atoms with Gasteiger partial charge >= 0.3 is 0 Å². The van der Waals surface area contributed by atoms with E-state index in [2.05, 4.69) is 19.7 Å². The molecular formula is C17H19N3O4S. The molecule has 8 heteroatoms. The van der Waals surface area contributed by atoms with Crippen LogP contribution in [0.3, 0.4) is 0 Å². The Morgan fingerprint density at radius 1 is 1.12 bits per heavy atom. The number of nitrogens with one attached hydrogen (secondary N) is 1. The fourth-order valence-electron chi connectivity index (χ4n) is 2.60. The molecule has 0 aliphatic heterocycles. The van der Waals surface area contributed by atoms with Gasteiger partial charge in [-0.15, -0.1) is 0 Å². The quantitative estimate of drug-likeness (QED) is 0.695. The second-order valence-corrected chi connectivity index (χ2v) is 7.15. The first kappa shape index (κ1) is 17.4. The molecule has 3 aromatic rings. The molecule has 0 fully saturated rings. The average molecular weight is 361 g/mol. The van der Waals surface area contributed by atoms with Crippen molar-refractivity contribution in [3.63, 3.8) is 0 Å². The lowest BCUT2D eigenvalue weighted by molar-refractivity contribution is 0.315. The summed E-state index contributed by atoms with van der Waals surface area (Å²) in [5, 5.41) is 7.39. The Hall–Kier alpha value is -2.45. The molecule has 0 spiro atoms. The Kier molecular flexibility index (Phi) is 5.00. The van der Waals surface area contributed by atoms with Crippen molar-refractivity contribution in [2.75, 3.05) is 6.61 Å². The second-order valence-electron chi connectivity index (χ2n) is 5.47. The topological polar surface area (TPSA) is 94.3 Å². The van der Waals surface area contributed by atoms with Crippen LogP contribution in [-0.2, 0) is 10.0 Å². The summed E-state index contributed by atoms with van der Waals surface area (Å²) in [6.07, 6.45) is 0.597. The third-order valence-corrected chi connectivity index (χ3v) is 5.34. The molecule has 0 saturated heterocycles. The van der Waals surface area contributed by atoms with Gasteiger partial charge in [-0.1, -0.05) is 25.1 Å². The summed E-state index contributed by atoms with van der Waals surface area (Å²) in [7, 11) is -3.78. The van der Waals surface area contributed by atoms with Gasteiger partial charge in [0.25, 0.3) is 0 Å². The van der Waals surface area contributed by atoms with Crippen molar-refractivity contribution in [3.05, 3.63) is 48.0 Å². The van der Waals surface area contributed by atoms with Crippen LogP contribution in [0.4, 0.5) is 0 Å². The number of rotatable bonds is 7. The van der Waals surface area contributed by atoms with Gasteiger partial charge in [-0.25, -0.2) is 17.8 Å². The minimum atomic E-state index is -3.78. The largest absolute Gasteiger partial charge is 0.494 e. The molecular weight excluding hydrogens is 342 g/mol. The lowest BCUT2D eigenvalue weighted by atomic mass is 10.1. The number of sulfonamides is 1. The molecule has 0 saturated carbocycles. The molecule has 1 N–H and O–H groups in total. The van der Waals surface area contributed by atoms with Crippen LogP contribution in [0.25, 0.3) is 11.0 Å². The zero-order valence-electron chi connectivity index (χ0n) is 14.0. The van der Waals surface area contributed by atoms with E-state index in [1.54, 1.807) is 12.1 Å². The number of fused-ring (bicyclic) bond motifs is 1. The summed E-state index contributed by atoms with van der Waals surface area (Å²) in [6, 6.07) is 11.8. The van der Waals surface area contributed by atoms with Crippen molar-refractivity contribution in [2.45, 2.75) is 31.2 Å². The van der Waals surface area contributed by atoms with E-state index < -0.39 is 10.0 Å². The monoisotopic (exact) mass is 361 g/mol. The molecule has 2 aromatic carbocycles. The van der Waals surface area contributed by atoms with Gasteiger partial charge in [0.15, 0.2) is 5.52 Å². The molecule has 0 bridgehead atoms. The average Bonchev–Trinajstić information content (AvgIpc) is 3.09. The molecule has 0 amide bonds. The number of aromatic nitrogens is 2. The predicted octanol–water partition coefficient (Wildman–Crippen LogP) is 3.05. The van der Waals surface area contributed by atoms with Crippen molar-refractivity contribution in [1.82, 2.24) is 15.0 Å². The summed E-state index contributed by atoms with van der Waals surface area (Å²) in [5.74, 6) is 0.752. The van der Waals surface area contributed by atoms with Crippen LogP contribution in [-0.4, -0.2) is 25.3 Å². The summed E-state index contributed by atoms with van der Waals surface area (Å²) in [5.41, 5.74) is 1.48. The molecule has 132 valence electrons. The Balaban J connectivity index is 1.88. The summed E-state index contributed by atoms with van der Waals surface area (Å²) in [6.45, 7) is 4.41. The molecule has 0 aliphatic rings. The van der Waals surface area contributed by atoms with Crippen LogP contribution >= 0.6 is 0 Å². The third kappa shape index (κ3) is 3.64. The highest BCUT2D eigenvalue weighted by Gasteiger charge is 2.24. The first-order valence-electron chi connectivity index (χ1n) is 8.01. The zero-order valence-corrected chi connectivity index (χ0v) is 14.8. The number of ether oxygens (including phenoxy) is 1. The maximum absolute atomic E-state index is 12.8. The van der Waals surface area contributed by atoms with Crippen molar-refractivity contribution in [2.24, 2.45) is 0 Å². The summed E-state index contributed by atoms with van der Waals surface area (Å²) >= 11 is 0. The van der Waals surface area contributed by atoms with Gasteiger partial charge in [-0.3, -0.25) is 0 Å². The fourth-order valence-corrected chi connectivity index (χ4v) is 4.06. The number of nitrogens with zero attached hydrogens (tertiary/aromatic N) is 2. The van der Waals surface area contributed by atoms with Crippen molar-refractivity contribution in [1.29, 1.82) is 0 Å². The first-order chi connectivity index (χ1) is 12.0. The van der Waals surface area contributed by atoms with Gasteiger partial charge in [-0.2, -0.15) is 0 Å². The van der Waals surface area contributed by atoms with Gasteiger partial charge in [0.1, 0.15) is 16.2 Å². The van der Waals surface area contributed by atoms with Crippen molar-refractivity contribution in [3.8, 4) is 5.75 Å². The molecule has 0 radical (unpaired) electrons. The second kappa shape index (κ2) is 7.20. The van der Waals surface area contributed by atoms with Crippen LogP contribution in [0.5, 0.6) is 5.75 Å². The van der Waals surface area contributed by atoms with Crippen molar-refractivity contribution >= 4 is 21.1 Å². The van der Waals surface area contributed by atoms with E-state index in [0.29, 0.717) is 18.5 Å². The lowest BCUT2D eigenvalue weighted by Crippen LogP contribution is -2.28. The lowest BCUT2D eigenvalue weighted by Gasteiger charge is -2.18. The maximum atomic E-state index is 12.8. The zero-order chi connectivity index (χ0) is 17.9. The van der Waals surface area contributed by atoms with E-state index in [1.807, 2.05) is 38.1 Å². The third-order valence-electron chi connectivity index (χ3n) is 3.84. The van der Waals surface area contributed by atoms with Gasteiger partial charge in [0.2, 0.25) is 10.0 Å². The Morgan fingerprint density at radius 2 is 1.88 bits per heavy atom. The minimum absolute atomic E-state index is 0.0515.